The Labute approximate surface area is 845 Å². The van der Waals surface area contributed by atoms with E-state index in [0.717, 1.165) is 149 Å². The van der Waals surface area contributed by atoms with Crippen LogP contribution in [0.25, 0.3) is 285 Å². The second kappa shape index (κ2) is 34.9. The van der Waals surface area contributed by atoms with Crippen LogP contribution in [0.1, 0.15) is 25.0 Å². The zero-order valence-electron chi connectivity index (χ0n) is 78.9. The lowest BCUT2D eigenvalue weighted by molar-refractivity contribution is 0.660. The zero-order valence-corrected chi connectivity index (χ0v) is 80.5. The third-order valence-electron chi connectivity index (χ3n) is 28.6. The average Bonchev–Trinajstić information content (AvgIpc) is 1.62. The first-order chi connectivity index (χ1) is 72.1. The number of benzene rings is 21. The van der Waals surface area contributed by atoms with Crippen molar-refractivity contribution in [2.45, 2.75) is 19.3 Å². The summed E-state index contributed by atoms with van der Waals surface area (Å²) < 4.78 is 24.0. The molecule has 0 N–H and O–H groups in total. The molecule has 0 atom stereocenters. The standard InChI is InChI=1S/C46H31N3O.2C43H25N3OS/c1-46(2)37-17-9-8-15-35(37)36-25-23-32(27-38(36)46)45-48-43(30-12-4-3-5-13-30)47-44(49-45)31-21-19-29(20-22-31)34-16-10-18-39-41(34)42-33-14-7-6-11-28(33)24-26-40(42)50-39;1-2-11-28(12-3-1)41-44-42(46-43(45-41)33-16-9-19-37-38(33)32-14-6-7-18-36(32)48-37)29-22-20-27(21-23-29)31-15-8-17-34-39(31)40-30-13-5-4-10-26(30)24-25-35(40)47-34;1-2-10-28(11-3-1)41-44-42(46-43(45-41)30-21-23-34-33-13-6-7-16-37(33)48-38(34)25-30)29-19-17-27(18-20-29)32-14-8-15-35-39(32)40-31-12-5-4-9-26(31)22-24-36(40)47-35/h3-27H,1-2H3;2*1-25H. The topological polar surface area (TPSA) is 155 Å². The van der Waals surface area contributed by atoms with Gasteiger partial charge >= 0.3 is 0 Å². The normalized spacial score (nSPS) is 12.2. The molecule has 0 saturated carbocycles. The molecule has 29 aromatic rings. The first-order valence-electron chi connectivity index (χ1n) is 48.9. The van der Waals surface area contributed by atoms with E-state index in [0.29, 0.717) is 52.4 Å². The Balaban J connectivity index is 0.000000106. The number of thiophene rings is 2. The van der Waals surface area contributed by atoms with Gasteiger partial charge in [-0.2, -0.15) is 0 Å². The van der Waals surface area contributed by atoms with Crippen molar-refractivity contribution in [2.75, 3.05) is 0 Å². The van der Waals surface area contributed by atoms with Gasteiger partial charge in [-0.1, -0.05) is 402 Å². The van der Waals surface area contributed by atoms with E-state index in [9.17, 15) is 0 Å². The van der Waals surface area contributed by atoms with Crippen LogP contribution in [0.5, 0.6) is 0 Å². The Bertz CT molecular complexity index is 10300. The van der Waals surface area contributed by atoms with Gasteiger partial charge in [-0.3, -0.25) is 0 Å². The number of fused-ring (bicyclic) bond motifs is 24. The molecule has 0 amide bonds. The maximum Gasteiger partial charge on any atom is 0.164 e. The van der Waals surface area contributed by atoms with Crippen LogP contribution in [0.2, 0.25) is 0 Å². The summed E-state index contributed by atoms with van der Waals surface area (Å²) in [4.78, 5) is 45.4. The molecule has 0 aliphatic heterocycles. The average molecular weight is 1910 g/mol. The molecule has 12 nitrogen and oxygen atoms in total. The Kier molecular flexibility index (Phi) is 20.4. The van der Waals surface area contributed by atoms with Gasteiger partial charge in [0.25, 0.3) is 0 Å². The molecular weight excluding hydrogens is 1820 g/mol. The molecule has 0 fully saturated rings. The summed E-state index contributed by atoms with van der Waals surface area (Å²) in [5.74, 6) is 5.85. The van der Waals surface area contributed by atoms with Gasteiger partial charge in [-0.25, -0.2) is 44.9 Å². The first kappa shape index (κ1) is 85.3. The highest BCUT2D eigenvalue weighted by atomic mass is 32.1. The van der Waals surface area contributed by atoms with Crippen LogP contribution >= 0.6 is 22.7 Å². The molecule has 21 aromatic carbocycles. The lowest BCUT2D eigenvalue weighted by atomic mass is 9.82. The van der Waals surface area contributed by atoms with Crippen LogP contribution < -0.4 is 0 Å². The molecule has 14 heteroatoms. The minimum atomic E-state index is -0.120. The fourth-order valence-corrected chi connectivity index (χ4v) is 23.9. The van der Waals surface area contributed by atoms with E-state index in [1.807, 2.05) is 91.0 Å². The largest absolute Gasteiger partial charge is 0.456 e. The highest BCUT2D eigenvalue weighted by molar-refractivity contribution is 7.26. The Morgan fingerprint density at radius 1 is 0.164 bits per heavy atom. The van der Waals surface area contributed by atoms with E-state index < -0.39 is 0 Å². The van der Waals surface area contributed by atoms with E-state index in [1.54, 1.807) is 22.7 Å². The number of furan rings is 3. The first-order valence-corrected chi connectivity index (χ1v) is 50.5. The van der Waals surface area contributed by atoms with Crippen molar-refractivity contribution in [3.8, 4) is 147 Å². The van der Waals surface area contributed by atoms with Crippen molar-refractivity contribution in [2.24, 2.45) is 0 Å². The molecule has 30 rings (SSSR count). The van der Waals surface area contributed by atoms with Gasteiger partial charge in [-0.05, 0) is 155 Å². The monoisotopic (exact) mass is 1900 g/mol. The molecule has 1 aliphatic rings. The molecule has 8 aromatic heterocycles. The van der Waals surface area contributed by atoms with Crippen molar-refractivity contribution in [3.05, 3.63) is 466 Å². The van der Waals surface area contributed by atoms with Gasteiger partial charge in [0, 0.05) is 128 Å². The van der Waals surface area contributed by atoms with Gasteiger partial charge in [0.1, 0.15) is 33.5 Å². The van der Waals surface area contributed by atoms with Crippen molar-refractivity contribution in [3.63, 3.8) is 0 Å². The van der Waals surface area contributed by atoms with E-state index >= 15 is 0 Å². The fourth-order valence-electron chi connectivity index (χ4n) is 21.6. The number of nitrogens with zero attached hydrogens (tertiary/aromatic N) is 9. The van der Waals surface area contributed by atoms with Crippen LogP contribution in [0, 0.1) is 0 Å². The molecule has 0 spiro atoms. The second-order valence-electron chi connectivity index (χ2n) is 37.6. The highest BCUT2D eigenvalue weighted by Crippen LogP contribution is 2.52. The number of hydrogen-bond donors (Lipinski definition) is 0. The molecule has 684 valence electrons. The van der Waals surface area contributed by atoms with Crippen LogP contribution in [0.4, 0.5) is 0 Å². The van der Waals surface area contributed by atoms with Crippen LogP contribution in [0.3, 0.4) is 0 Å². The highest BCUT2D eigenvalue weighted by Gasteiger charge is 2.36. The predicted octanol–water partition coefficient (Wildman–Crippen LogP) is 35.8. The van der Waals surface area contributed by atoms with Gasteiger partial charge in [0.05, 0.1) is 0 Å². The van der Waals surface area contributed by atoms with Crippen molar-refractivity contribution < 1.29 is 13.3 Å². The zero-order chi connectivity index (χ0) is 96.6. The SMILES string of the molecule is CC1(C)c2ccccc2-c2ccc(-c3nc(-c4ccccc4)nc(-c4ccc(-c5cccc6oc7ccc8ccccc8c7c56)cc4)n3)cc21.c1ccc(-c2nc(-c3ccc(-c4cccc5oc6ccc7ccccc7c6c45)cc3)nc(-c3ccc4c(c3)sc3ccccc34)n2)cc1.c1ccc(-c2nc(-c3ccc(-c4cccc5oc6ccc7ccccc7c6c45)cc3)nc(-c3cccc4sc5ccccc5c34)n2)cc1. The van der Waals surface area contributed by atoms with Crippen molar-refractivity contribution >= 4 is 161 Å². The van der Waals surface area contributed by atoms with Crippen molar-refractivity contribution in [1.29, 1.82) is 0 Å². The summed E-state index contributed by atoms with van der Waals surface area (Å²) in [6, 6.07) is 158. The Morgan fingerprint density at radius 3 is 0.897 bits per heavy atom. The van der Waals surface area contributed by atoms with Crippen LogP contribution in [0.15, 0.2) is 468 Å². The quantitative estimate of drug-likeness (QED) is 0.114. The summed E-state index contributed by atoms with van der Waals surface area (Å²) in [6.45, 7) is 4.60. The van der Waals surface area contributed by atoms with E-state index in [1.165, 1.54) is 94.9 Å². The predicted molar refractivity (Wildman–Crippen MR) is 602 cm³/mol. The molecule has 0 bridgehead atoms. The minimum Gasteiger partial charge on any atom is -0.456 e. The van der Waals surface area contributed by atoms with Crippen LogP contribution in [-0.2, 0) is 5.41 Å². The maximum absolute atomic E-state index is 6.36. The molecule has 0 saturated heterocycles. The van der Waals surface area contributed by atoms with Gasteiger partial charge in [0.15, 0.2) is 52.4 Å². The van der Waals surface area contributed by atoms with Gasteiger partial charge in [-0.15, -0.1) is 22.7 Å². The smallest absolute Gasteiger partial charge is 0.164 e. The fraction of sp³-hybridized carbons (Fsp3) is 0.0227. The number of aromatic nitrogens is 9. The molecule has 1 aliphatic carbocycles. The second-order valence-corrected chi connectivity index (χ2v) is 39.8. The van der Waals surface area contributed by atoms with Gasteiger partial charge < -0.3 is 13.3 Å². The Hall–Kier alpha value is -18.7. The summed E-state index contributed by atoms with van der Waals surface area (Å²) in [6.07, 6.45) is 0. The van der Waals surface area contributed by atoms with Gasteiger partial charge in [0.2, 0.25) is 0 Å². The summed E-state index contributed by atoms with van der Waals surface area (Å²) >= 11 is 3.59. The lowest BCUT2D eigenvalue weighted by Crippen LogP contribution is -2.15. The van der Waals surface area contributed by atoms with E-state index in [4.69, 9.17) is 58.1 Å². The maximum atomic E-state index is 6.36. The van der Waals surface area contributed by atoms with E-state index in [2.05, 4.69) is 378 Å². The molecule has 8 heterocycles. The van der Waals surface area contributed by atoms with Crippen LogP contribution in [-0.4, -0.2) is 44.9 Å². The summed E-state index contributed by atoms with van der Waals surface area (Å²) in [5, 5.41) is 18.9. The Morgan fingerprint density at radius 2 is 0.452 bits per heavy atom. The number of hydrogen-bond acceptors (Lipinski definition) is 14. The molecule has 146 heavy (non-hydrogen) atoms. The molecule has 0 radical (unpaired) electrons. The summed E-state index contributed by atoms with van der Waals surface area (Å²) in [7, 11) is 0. The lowest BCUT2D eigenvalue weighted by Gasteiger charge is -2.21. The van der Waals surface area contributed by atoms with E-state index in [-0.39, 0.29) is 5.41 Å². The summed E-state index contributed by atoms with van der Waals surface area (Å²) in [5.41, 5.74) is 25.7. The third kappa shape index (κ3) is 14.7. The molecule has 0 unspecified atom stereocenters. The minimum absolute atomic E-state index is 0.120. The molecular formula is C132H81N9O3S2. The number of rotatable bonds is 12. The third-order valence-corrected chi connectivity index (χ3v) is 30.9. The van der Waals surface area contributed by atoms with Crippen molar-refractivity contribution in [1.82, 2.24) is 44.9 Å².